The number of anilines is 2. The molecule has 1 aromatic heterocycles. The van der Waals surface area contributed by atoms with Crippen LogP contribution in [-0.2, 0) is 6.42 Å². The van der Waals surface area contributed by atoms with E-state index in [0.29, 0.717) is 6.04 Å². The highest BCUT2D eigenvalue weighted by Crippen LogP contribution is 2.13. The van der Waals surface area contributed by atoms with E-state index in [4.69, 9.17) is 0 Å². The van der Waals surface area contributed by atoms with Gasteiger partial charge >= 0.3 is 0 Å². The molecule has 0 unspecified atom stereocenters. The highest BCUT2D eigenvalue weighted by atomic mass is 79.9. The maximum Gasteiger partial charge on any atom is 0.131 e. The third-order valence-corrected chi connectivity index (χ3v) is 3.21. The summed E-state index contributed by atoms with van der Waals surface area (Å²) in [6.45, 7) is 5.01. The van der Waals surface area contributed by atoms with Crippen molar-refractivity contribution in [1.29, 1.82) is 0 Å². The molecule has 0 aliphatic heterocycles. The van der Waals surface area contributed by atoms with Gasteiger partial charge in [0, 0.05) is 23.1 Å². The van der Waals surface area contributed by atoms with Gasteiger partial charge in [-0.25, -0.2) is 9.97 Å². The van der Waals surface area contributed by atoms with Gasteiger partial charge in [-0.15, -0.1) is 0 Å². The van der Waals surface area contributed by atoms with Gasteiger partial charge in [-0.2, -0.15) is 0 Å². The minimum absolute atomic E-state index is 0.361. The molecule has 2 aromatic rings. The molecule has 4 nitrogen and oxygen atoms in total. The minimum atomic E-state index is 0.361. The van der Waals surface area contributed by atoms with E-state index in [1.807, 2.05) is 12.1 Å². The Hall–Kier alpha value is -1.62. The number of aromatic nitrogens is 2. The second-order valence-electron chi connectivity index (χ2n) is 4.89. The van der Waals surface area contributed by atoms with Crippen molar-refractivity contribution in [3.63, 3.8) is 0 Å². The first-order valence-electron chi connectivity index (χ1n) is 6.70. The van der Waals surface area contributed by atoms with Crippen LogP contribution in [0.3, 0.4) is 0 Å². The van der Waals surface area contributed by atoms with E-state index >= 15 is 0 Å². The Morgan fingerprint density at radius 3 is 2.70 bits per heavy atom. The maximum absolute atomic E-state index is 4.22. The lowest BCUT2D eigenvalue weighted by molar-refractivity contribution is 0.885. The van der Waals surface area contributed by atoms with Crippen LogP contribution in [0.1, 0.15) is 19.4 Å². The molecule has 0 amide bonds. The maximum atomic E-state index is 4.22. The third kappa shape index (κ3) is 4.81. The molecule has 5 heteroatoms. The van der Waals surface area contributed by atoms with Crippen molar-refractivity contribution in [3.8, 4) is 0 Å². The van der Waals surface area contributed by atoms with Crippen LogP contribution in [0.2, 0.25) is 0 Å². The molecule has 0 aliphatic rings. The summed E-state index contributed by atoms with van der Waals surface area (Å²) in [4.78, 5) is 8.41. The molecule has 0 saturated carbocycles. The molecule has 0 radical (unpaired) electrons. The Morgan fingerprint density at radius 2 is 1.95 bits per heavy atom. The molecule has 20 heavy (non-hydrogen) atoms. The smallest absolute Gasteiger partial charge is 0.131 e. The molecule has 0 saturated heterocycles. The van der Waals surface area contributed by atoms with Gasteiger partial charge in [0.25, 0.3) is 0 Å². The predicted octanol–water partition coefficient (Wildman–Crippen LogP) is 3.71. The number of nitrogens with zero attached hydrogens (tertiary/aromatic N) is 2. The monoisotopic (exact) mass is 334 g/mol. The third-order valence-electron chi connectivity index (χ3n) is 2.71. The van der Waals surface area contributed by atoms with Gasteiger partial charge in [0.15, 0.2) is 0 Å². The van der Waals surface area contributed by atoms with Gasteiger partial charge in [0.05, 0.1) is 0 Å². The van der Waals surface area contributed by atoms with Crippen molar-refractivity contribution in [2.45, 2.75) is 26.3 Å². The standard InChI is InChI=1S/C15H19BrN4/c1-11(2)20-15-9-14(18-10-19-15)17-7-6-12-4-3-5-13(16)8-12/h3-5,8-11H,6-7H2,1-2H3,(H2,17,18,19,20). The number of nitrogens with one attached hydrogen (secondary N) is 2. The topological polar surface area (TPSA) is 49.8 Å². The SMILES string of the molecule is CC(C)Nc1cc(NCCc2cccc(Br)c2)ncn1. The quantitative estimate of drug-likeness (QED) is 0.845. The first-order chi connectivity index (χ1) is 9.63. The molecule has 2 N–H and O–H groups in total. The van der Waals surface area contributed by atoms with Crippen molar-refractivity contribution in [3.05, 3.63) is 46.7 Å². The number of halogens is 1. The summed E-state index contributed by atoms with van der Waals surface area (Å²) >= 11 is 3.48. The van der Waals surface area contributed by atoms with E-state index < -0.39 is 0 Å². The average molecular weight is 335 g/mol. The van der Waals surface area contributed by atoms with Crippen molar-refractivity contribution >= 4 is 27.6 Å². The van der Waals surface area contributed by atoms with Gasteiger partial charge < -0.3 is 10.6 Å². The lowest BCUT2D eigenvalue weighted by atomic mass is 10.1. The molecular weight excluding hydrogens is 316 g/mol. The number of rotatable bonds is 6. The second kappa shape index (κ2) is 7.24. The highest BCUT2D eigenvalue weighted by Gasteiger charge is 2.00. The summed E-state index contributed by atoms with van der Waals surface area (Å²) in [6.07, 6.45) is 2.53. The highest BCUT2D eigenvalue weighted by molar-refractivity contribution is 9.10. The molecule has 0 aliphatic carbocycles. The number of hydrogen-bond donors (Lipinski definition) is 2. The molecule has 0 atom stereocenters. The van der Waals surface area contributed by atoms with E-state index in [9.17, 15) is 0 Å². The van der Waals surface area contributed by atoms with Crippen LogP contribution in [0.4, 0.5) is 11.6 Å². The normalized spacial score (nSPS) is 10.6. The summed E-state index contributed by atoms with van der Waals surface area (Å²) in [5.41, 5.74) is 1.29. The van der Waals surface area contributed by atoms with Gasteiger partial charge in [-0.1, -0.05) is 28.1 Å². The van der Waals surface area contributed by atoms with Gasteiger partial charge in [0.1, 0.15) is 18.0 Å². The zero-order valence-electron chi connectivity index (χ0n) is 11.7. The predicted molar refractivity (Wildman–Crippen MR) is 87.1 cm³/mol. The zero-order chi connectivity index (χ0) is 14.4. The van der Waals surface area contributed by atoms with Gasteiger partial charge in [-0.05, 0) is 38.0 Å². The van der Waals surface area contributed by atoms with Crippen molar-refractivity contribution in [1.82, 2.24) is 9.97 Å². The van der Waals surface area contributed by atoms with Crippen molar-refractivity contribution < 1.29 is 0 Å². The molecule has 2 rings (SSSR count). The van der Waals surface area contributed by atoms with Crippen LogP contribution < -0.4 is 10.6 Å². The Kier molecular flexibility index (Phi) is 5.35. The van der Waals surface area contributed by atoms with E-state index in [-0.39, 0.29) is 0 Å². The summed E-state index contributed by atoms with van der Waals surface area (Å²) in [6, 6.07) is 10.6. The number of benzene rings is 1. The van der Waals surface area contributed by atoms with Crippen LogP contribution in [0.25, 0.3) is 0 Å². The lowest BCUT2D eigenvalue weighted by Gasteiger charge is -2.10. The molecule has 106 valence electrons. The van der Waals surface area contributed by atoms with E-state index in [1.165, 1.54) is 5.56 Å². The Labute approximate surface area is 128 Å². The van der Waals surface area contributed by atoms with Crippen LogP contribution in [-0.4, -0.2) is 22.6 Å². The summed E-state index contributed by atoms with van der Waals surface area (Å²) < 4.78 is 1.11. The molecule has 0 bridgehead atoms. The van der Waals surface area contributed by atoms with Crippen molar-refractivity contribution in [2.75, 3.05) is 17.2 Å². The first kappa shape index (κ1) is 14.8. The fraction of sp³-hybridized carbons (Fsp3) is 0.333. The van der Waals surface area contributed by atoms with Crippen LogP contribution in [0.15, 0.2) is 41.1 Å². The zero-order valence-corrected chi connectivity index (χ0v) is 13.3. The van der Waals surface area contributed by atoms with Crippen molar-refractivity contribution in [2.24, 2.45) is 0 Å². The minimum Gasteiger partial charge on any atom is -0.370 e. The van der Waals surface area contributed by atoms with Crippen LogP contribution >= 0.6 is 15.9 Å². The van der Waals surface area contributed by atoms with Crippen LogP contribution in [0, 0.1) is 0 Å². The Morgan fingerprint density at radius 1 is 1.15 bits per heavy atom. The fourth-order valence-electron chi connectivity index (χ4n) is 1.86. The summed E-state index contributed by atoms with van der Waals surface area (Å²) in [7, 11) is 0. The molecule has 1 heterocycles. The van der Waals surface area contributed by atoms with Gasteiger partial charge in [0.2, 0.25) is 0 Å². The first-order valence-corrected chi connectivity index (χ1v) is 7.49. The van der Waals surface area contributed by atoms with Crippen LogP contribution in [0.5, 0.6) is 0 Å². The fourth-order valence-corrected chi connectivity index (χ4v) is 2.30. The molecule has 1 aromatic carbocycles. The summed E-state index contributed by atoms with van der Waals surface area (Å²) in [5.74, 6) is 1.69. The van der Waals surface area contributed by atoms with Gasteiger partial charge in [-0.3, -0.25) is 0 Å². The second-order valence-corrected chi connectivity index (χ2v) is 5.81. The Balaban J connectivity index is 1.87. The lowest BCUT2D eigenvalue weighted by Crippen LogP contribution is -2.12. The largest absolute Gasteiger partial charge is 0.370 e. The molecule has 0 fully saturated rings. The van der Waals surface area contributed by atoms with E-state index in [1.54, 1.807) is 6.33 Å². The summed E-state index contributed by atoms with van der Waals surface area (Å²) in [5, 5.41) is 6.58. The molecule has 0 spiro atoms. The molecular formula is C15H19BrN4. The number of hydrogen-bond acceptors (Lipinski definition) is 4. The van der Waals surface area contributed by atoms with E-state index in [0.717, 1.165) is 29.1 Å². The van der Waals surface area contributed by atoms with E-state index in [2.05, 4.69) is 68.6 Å². The Bertz CT molecular complexity index is 557. The average Bonchev–Trinajstić information content (AvgIpc) is 2.38.